The zero-order valence-corrected chi connectivity index (χ0v) is 13.1. The van der Waals surface area contributed by atoms with Gasteiger partial charge >= 0.3 is 0 Å². The molecule has 106 valence electrons. The van der Waals surface area contributed by atoms with Crippen LogP contribution in [0, 0.1) is 0 Å². The largest absolute Gasteiger partial charge is 0.271 e. The molecule has 21 heavy (non-hydrogen) atoms. The second kappa shape index (κ2) is 6.22. The molecule has 0 radical (unpaired) electrons. The number of fused-ring (bicyclic) bond motifs is 1. The molecule has 0 saturated heterocycles. The zero-order valence-electron chi connectivity index (χ0n) is 11.5. The van der Waals surface area contributed by atoms with Crippen LogP contribution in [-0.2, 0) is 6.42 Å². The second-order valence-electron chi connectivity index (χ2n) is 5.02. The highest BCUT2D eigenvalue weighted by atomic mass is 79.9. The highest BCUT2D eigenvalue weighted by Crippen LogP contribution is 2.21. The summed E-state index contributed by atoms with van der Waals surface area (Å²) in [6.45, 7) is 0. The minimum atomic E-state index is -0.182. The van der Waals surface area contributed by atoms with E-state index >= 15 is 0 Å². The van der Waals surface area contributed by atoms with Crippen molar-refractivity contribution in [3.63, 3.8) is 0 Å². The number of amides is 1. The topological polar surface area (TPSA) is 41.5 Å². The number of nitrogens with zero attached hydrogens (tertiary/aromatic N) is 1. The van der Waals surface area contributed by atoms with E-state index in [1.165, 1.54) is 5.56 Å². The van der Waals surface area contributed by atoms with Gasteiger partial charge in [-0.1, -0.05) is 40.2 Å². The molecule has 0 bridgehead atoms. The molecule has 0 aliphatic heterocycles. The summed E-state index contributed by atoms with van der Waals surface area (Å²) in [5.41, 5.74) is 6.69. The molecule has 0 atom stereocenters. The Balaban J connectivity index is 1.78. The van der Waals surface area contributed by atoms with Crippen molar-refractivity contribution in [1.82, 2.24) is 5.43 Å². The van der Waals surface area contributed by atoms with Gasteiger partial charge in [0.25, 0.3) is 5.91 Å². The Bertz CT molecular complexity index is 692. The summed E-state index contributed by atoms with van der Waals surface area (Å²) < 4.78 is 0.951. The summed E-state index contributed by atoms with van der Waals surface area (Å²) >= 11 is 3.35. The number of nitrogens with one attached hydrogen (secondary N) is 1. The van der Waals surface area contributed by atoms with Crippen LogP contribution in [0.4, 0.5) is 0 Å². The average Bonchev–Trinajstić information content (AvgIpc) is 2.53. The Kier molecular flexibility index (Phi) is 4.15. The monoisotopic (exact) mass is 342 g/mol. The van der Waals surface area contributed by atoms with Crippen LogP contribution in [0.1, 0.15) is 34.3 Å². The van der Waals surface area contributed by atoms with Crippen molar-refractivity contribution in [1.29, 1.82) is 0 Å². The molecule has 1 N–H and O–H groups in total. The van der Waals surface area contributed by atoms with Gasteiger partial charge in [-0.05, 0) is 49.1 Å². The number of carbonyl (C=O) groups is 1. The number of carbonyl (C=O) groups excluding carboxylic acids is 1. The van der Waals surface area contributed by atoms with Crippen LogP contribution < -0.4 is 5.43 Å². The molecule has 3 rings (SSSR count). The molecule has 0 saturated carbocycles. The maximum atomic E-state index is 12.1. The normalized spacial score (nSPS) is 15.6. The van der Waals surface area contributed by atoms with Gasteiger partial charge in [-0.2, -0.15) is 5.10 Å². The first-order chi connectivity index (χ1) is 10.2. The molecule has 0 unspecified atom stereocenters. The lowest BCUT2D eigenvalue weighted by Gasteiger charge is -2.17. The lowest BCUT2D eigenvalue weighted by molar-refractivity contribution is 0.0954. The van der Waals surface area contributed by atoms with Crippen LogP contribution in [0.25, 0.3) is 0 Å². The molecule has 0 heterocycles. The molecule has 1 aliphatic carbocycles. The zero-order chi connectivity index (χ0) is 14.7. The fourth-order valence-electron chi connectivity index (χ4n) is 2.50. The van der Waals surface area contributed by atoms with E-state index < -0.39 is 0 Å². The highest BCUT2D eigenvalue weighted by molar-refractivity contribution is 9.10. The lowest BCUT2D eigenvalue weighted by atomic mass is 9.90. The van der Waals surface area contributed by atoms with Gasteiger partial charge in [0.2, 0.25) is 0 Å². The van der Waals surface area contributed by atoms with Gasteiger partial charge in [-0.15, -0.1) is 0 Å². The van der Waals surface area contributed by atoms with Gasteiger partial charge in [0, 0.05) is 15.6 Å². The Hall–Kier alpha value is -1.94. The van der Waals surface area contributed by atoms with E-state index in [0.717, 1.165) is 35.0 Å². The Morgan fingerprint density at radius 2 is 1.81 bits per heavy atom. The van der Waals surface area contributed by atoms with Gasteiger partial charge in [0.05, 0.1) is 5.71 Å². The number of aryl methyl sites for hydroxylation is 1. The summed E-state index contributed by atoms with van der Waals surface area (Å²) in [6, 6.07) is 15.5. The standard InChI is InChI=1S/C17H15BrN2O/c18-14-10-8-13(9-11-14)17(21)20-19-16-7-3-5-12-4-1-2-6-15(12)16/h1-2,4,6,8-11H,3,5,7H2,(H,20,21). The minimum Gasteiger partial charge on any atom is -0.267 e. The number of hydrogen-bond acceptors (Lipinski definition) is 2. The van der Waals surface area contributed by atoms with Crippen molar-refractivity contribution < 1.29 is 4.79 Å². The Labute approximate surface area is 132 Å². The predicted octanol–water partition coefficient (Wildman–Crippen LogP) is 3.92. The van der Waals surface area contributed by atoms with E-state index in [1.54, 1.807) is 12.1 Å². The molecule has 1 aliphatic rings. The Morgan fingerprint density at radius 1 is 1.05 bits per heavy atom. The third kappa shape index (κ3) is 3.22. The van der Waals surface area contributed by atoms with E-state index in [4.69, 9.17) is 0 Å². The lowest BCUT2D eigenvalue weighted by Crippen LogP contribution is -2.22. The summed E-state index contributed by atoms with van der Waals surface area (Å²) in [6.07, 6.45) is 3.05. The summed E-state index contributed by atoms with van der Waals surface area (Å²) in [5.74, 6) is -0.182. The Morgan fingerprint density at radius 3 is 2.62 bits per heavy atom. The molecule has 2 aromatic carbocycles. The van der Waals surface area contributed by atoms with Crippen LogP contribution in [-0.4, -0.2) is 11.6 Å². The van der Waals surface area contributed by atoms with Crippen molar-refractivity contribution in [2.75, 3.05) is 0 Å². The molecule has 0 spiro atoms. The predicted molar refractivity (Wildman–Crippen MR) is 87.5 cm³/mol. The summed E-state index contributed by atoms with van der Waals surface area (Å²) in [7, 11) is 0. The SMILES string of the molecule is O=C(NN=C1CCCc2ccccc21)c1ccc(Br)cc1. The van der Waals surface area contributed by atoms with Crippen LogP contribution >= 0.6 is 15.9 Å². The van der Waals surface area contributed by atoms with Crippen molar-refractivity contribution in [2.45, 2.75) is 19.3 Å². The van der Waals surface area contributed by atoms with Gasteiger partial charge in [0.1, 0.15) is 0 Å². The average molecular weight is 343 g/mol. The van der Waals surface area contributed by atoms with E-state index in [1.807, 2.05) is 24.3 Å². The molecule has 0 aromatic heterocycles. The molecular weight excluding hydrogens is 328 g/mol. The van der Waals surface area contributed by atoms with Crippen LogP contribution in [0.15, 0.2) is 58.1 Å². The number of halogens is 1. The molecule has 1 amide bonds. The van der Waals surface area contributed by atoms with Crippen molar-refractivity contribution in [3.8, 4) is 0 Å². The number of rotatable bonds is 2. The smallest absolute Gasteiger partial charge is 0.267 e. The van der Waals surface area contributed by atoms with Crippen molar-refractivity contribution in [3.05, 3.63) is 69.7 Å². The van der Waals surface area contributed by atoms with E-state index in [-0.39, 0.29) is 5.91 Å². The third-order valence-corrected chi connectivity index (χ3v) is 4.12. The molecule has 2 aromatic rings. The maximum Gasteiger partial charge on any atom is 0.271 e. The van der Waals surface area contributed by atoms with E-state index in [2.05, 4.69) is 38.6 Å². The molecule has 3 nitrogen and oxygen atoms in total. The molecule has 4 heteroatoms. The number of hydrazone groups is 1. The molecular formula is C17H15BrN2O. The van der Waals surface area contributed by atoms with Crippen molar-refractivity contribution >= 4 is 27.5 Å². The summed E-state index contributed by atoms with van der Waals surface area (Å²) in [4.78, 5) is 12.1. The quantitative estimate of drug-likeness (QED) is 0.825. The fourth-order valence-corrected chi connectivity index (χ4v) is 2.77. The highest BCUT2D eigenvalue weighted by Gasteiger charge is 2.15. The van der Waals surface area contributed by atoms with Gasteiger partial charge in [0.15, 0.2) is 0 Å². The van der Waals surface area contributed by atoms with Gasteiger partial charge < -0.3 is 0 Å². The summed E-state index contributed by atoms with van der Waals surface area (Å²) in [5, 5.41) is 4.33. The van der Waals surface area contributed by atoms with Crippen LogP contribution in [0.2, 0.25) is 0 Å². The first-order valence-corrected chi connectivity index (χ1v) is 7.74. The van der Waals surface area contributed by atoms with Crippen LogP contribution in [0.3, 0.4) is 0 Å². The van der Waals surface area contributed by atoms with Crippen molar-refractivity contribution in [2.24, 2.45) is 5.10 Å². The fraction of sp³-hybridized carbons (Fsp3) is 0.176. The van der Waals surface area contributed by atoms with Gasteiger partial charge in [-0.25, -0.2) is 5.43 Å². The second-order valence-corrected chi connectivity index (χ2v) is 5.93. The maximum absolute atomic E-state index is 12.1. The van der Waals surface area contributed by atoms with E-state index in [9.17, 15) is 4.79 Å². The minimum absolute atomic E-state index is 0.182. The number of hydrogen-bond donors (Lipinski definition) is 1. The van der Waals surface area contributed by atoms with Gasteiger partial charge in [-0.3, -0.25) is 4.79 Å². The third-order valence-electron chi connectivity index (χ3n) is 3.59. The van der Waals surface area contributed by atoms with Crippen LogP contribution in [0.5, 0.6) is 0 Å². The number of benzene rings is 2. The first kappa shape index (κ1) is 14.0. The van der Waals surface area contributed by atoms with E-state index in [0.29, 0.717) is 5.56 Å². The first-order valence-electron chi connectivity index (χ1n) is 6.95. The molecule has 0 fully saturated rings.